The SMILES string of the molecule is CCSCCN=CC1CCc2c(C)c(F)cc3nc4c(c1c23)Cn1c-4cc2c(c1=O)COC(=O)[C@]2(O)CC. The molecule has 0 saturated carbocycles. The summed E-state index contributed by atoms with van der Waals surface area (Å²) in [6.45, 7) is 6.50. The highest BCUT2D eigenvalue weighted by molar-refractivity contribution is 7.99. The molecule has 0 fully saturated rings. The fourth-order valence-corrected chi connectivity index (χ4v) is 6.73. The number of aliphatic imine (C=N–C) groups is 1. The summed E-state index contributed by atoms with van der Waals surface area (Å²) in [5.74, 6) is 0.985. The Morgan fingerprint density at radius 1 is 1.29 bits per heavy atom. The Bertz CT molecular complexity index is 1600. The zero-order chi connectivity index (χ0) is 26.8. The number of pyridine rings is 2. The molecule has 0 saturated heterocycles. The lowest BCUT2D eigenvalue weighted by atomic mass is 9.78. The molecule has 0 bridgehead atoms. The maximum Gasteiger partial charge on any atom is 0.343 e. The molecule has 198 valence electrons. The van der Waals surface area contributed by atoms with Gasteiger partial charge in [-0.15, -0.1) is 0 Å². The van der Waals surface area contributed by atoms with Gasteiger partial charge in [0.1, 0.15) is 12.4 Å². The summed E-state index contributed by atoms with van der Waals surface area (Å²) in [4.78, 5) is 35.8. The van der Waals surface area contributed by atoms with Crippen LogP contribution in [0, 0.1) is 12.7 Å². The minimum Gasteiger partial charge on any atom is -0.458 e. The first-order valence-corrected chi connectivity index (χ1v) is 14.3. The number of halogens is 1. The van der Waals surface area contributed by atoms with E-state index in [1.54, 1.807) is 17.6 Å². The van der Waals surface area contributed by atoms with E-state index in [1.165, 1.54) is 6.07 Å². The second-order valence-corrected chi connectivity index (χ2v) is 11.6. The summed E-state index contributed by atoms with van der Waals surface area (Å²) in [5.41, 5.74) is 3.66. The van der Waals surface area contributed by atoms with Crippen LogP contribution in [0.1, 0.15) is 66.0 Å². The van der Waals surface area contributed by atoms with Gasteiger partial charge in [0.2, 0.25) is 0 Å². The molecule has 1 N–H and O–H groups in total. The van der Waals surface area contributed by atoms with Crippen LogP contribution in [-0.4, -0.2) is 44.9 Å². The summed E-state index contributed by atoms with van der Waals surface area (Å²) >= 11 is 1.85. The first-order chi connectivity index (χ1) is 18.3. The van der Waals surface area contributed by atoms with Gasteiger partial charge in [0, 0.05) is 47.0 Å². The molecule has 2 aliphatic heterocycles. The van der Waals surface area contributed by atoms with Crippen LogP contribution in [0.5, 0.6) is 0 Å². The van der Waals surface area contributed by atoms with Gasteiger partial charge in [-0.25, -0.2) is 14.2 Å². The van der Waals surface area contributed by atoms with Gasteiger partial charge in [0.15, 0.2) is 5.60 Å². The monoisotopic (exact) mass is 535 g/mol. The molecular weight excluding hydrogens is 505 g/mol. The molecule has 9 heteroatoms. The number of rotatable bonds is 6. The molecule has 1 unspecified atom stereocenters. The fourth-order valence-electron chi connectivity index (χ4n) is 6.20. The Morgan fingerprint density at radius 2 is 2.11 bits per heavy atom. The van der Waals surface area contributed by atoms with Crippen molar-refractivity contribution >= 4 is 34.8 Å². The molecular formula is C29H30FN3O4S. The highest BCUT2D eigenvalue weighted by Crippen LogP contribution is 2.46. The smallest absolute Gasteiger partial charge is 0.343 e. The lowest BCUT2D eigenvalue weighted by molar-refractivity contribution is -0.172. The van der Waals surface area contributed by atoms with E-state index in [2.05, 4.69) is 6.92 Å². The molecule has 1 aromatic carbocycles. The summed E-state index contributed by atoms with van der Waals surface area (Å²) in [6, 6.07) is 3.19. The van der Waals surface area contributed by atoms with Crippen LogP contribution in [0.25, 0.3) is 22.3 Å². The average molecular weight is 536 g/mol. The van der Waals surface area contributed by atoms with Crippen molar-refractivity contribution in [2.75, 3.05) is 18.1 Å². The quantitative estimate of drug-likeness (QED) is 0.224. The minimum atomic E-state index is -1.89. The number of benzene rings is 1. The summed E-state index contributed by atoms with van der Waals surface area (Å²) in [5, 5.41) is 12.1. The molecule has 4 heterocycles. The molecule has 1 aliphatic carbocycles. The third kappa shape index (κ3) is 3.58. The van der Waals surface area contributed by atoms with E-state index in [-0.39, 0.29) is 41.4 Å². The number of thioether (sulfide) groups is 1. The van der Waals surface area contributed by atoms with Crippen molar-refractivity contribution in [3.8, 4) is 11.4 Å². The number of aryl methyl sites for hydroxylation is 1. The van der Waals surface area contributed by atoms with Gasteiger partial charge in [0.05, 0.1) is 29.0 Å². The van der Waals surface area contributed by atoms with Crippen LogP contribution in [0.15, 0.2) is 21.9 Å². The Hall–Kier alpha value is -3.04. The van der Waals surface area contributed by atoms with Gasteiger partial charge in [0.25, 0.3) is 5.56 Å². The lowest BCUT2D eigenvalue weighted by Gasteiger charge is -2.31. The van der Waals surface area contributed by atoms with Gasteiger partial charge in [-0.1, -0.05) is 13.8 Å². The number of cyclic esters (lactones) is 1. The Morgan fingerprint density at radius 3 is 2.87 bits per heavy atom. The van der Waals surface area contributed by atoms with Crippen molar-refractivity contribution in [1.29, 1.82) is 0 Å². The Balaban J connectivity index is 1.58. The summed E-state index contributed by atoms with van der Waals surface area (Å²) in [7, 11) is 0. The second-order valence-electron chi connectivity index (χ2n) is 10.2. The highest BCUT2D eigenvalue weighted by atomic mass is 32.2. The maximum atomic E-state index is 15.0. The topological polar surface area (TPSA) is 93.8 Å². The van der Waals surface area contributed by atoms with Gasteiger partial charge in [-0.05, 0) is 54.7 Å². The largest absolute Gasteiger partial charge is 0.458 e. The number of nitrogens with zero attached hydrogens (tertiary/aromatic N) is 3. The van der Waals surface area contributed by atoms with E-state index >= 15 is 0 Å². The van der Waals surface area contributed by atoms with E-state index in [0.717, 1.165) is 53.0 Å². The number of hydrogen-bond donors (Lipinski definition) is 1. The van der Waals surface area contributed by atoms with Gasteiger partial charge in [-0.2, -0.15) is 11.8 Å². The second kappa shape index (κ2) is 9.31. The van der Waals surface area contributed by atoms with E-state index in [1.807, 2.05) is 24.9 Å². The Kier molecular flexibility index (Phi) is 6.18. The van der Waals surface area contributed by atoms with Crippen LogP contribution in [0.2, 0.25) is 0 Å². The van der Waals surface area contributed by atoms with Crippen molar-refractivity contribution < 1.29 is 19.0 Å². The molecule has 2 atom stereocenters. The average Bonchev–Trinajstić information content (AvgIpc) is 3.28. The van der Waals surface area contributed by atoms with Crippen molar-refractivity contribution in [2.45, 2.75) is 64.7 Å². The Labute approximate surface area is 224 Å². The van der Waals surface area contributed by atoms with E-state index in [4.69, 9.17) is 14.7 Å². The fraction of sp³-hybridized carbons (Fsp3) is 0.448. The van der Waals surface area contributed by atoms with E-state index in [9.17, 15) is 19.1 Å². The number of aliphatic hydroxyl groups is 1. The number of carbonyl (C=O) groups excluding carboxylic acids is 1. The number of carbonyl (C=O) groups is 1. The third-order valence-electron chi connectivity index (χ3n) is 8.28. The maximum absolute atomic E-state index is 15.0. The number of fused-ring (bicyclic) bond motifs is 5. The van der Waals surface area contributed by atoms with Crippen LogP contribution < -0.4 is 5.56 Å². The van der Waals surface area contributed by atoms with Crippen molar-refractivity contribution in [2.24, 2.45) is 4.99 Å². The third-order valence-corrected chi connectivity index (χ3v) is 9.16. The molecule has 0 spiro atoms. The molecule has 0 amide bonds. The predicted octanol–water partition coefficient (Wildman–Crippen LogP) is 4.38. The first kappa shape index (κ1) is 25.2. The lowest BCUT2D eigenvalue weighted by Crippen LogP contribution is -2.44. The van der Waals surface area contributed by atoms with Crippen LogP contribution in [0.3, 0.4) is 0 Å². The van der Waals surface area contributed by atoms with E-state index in [0.29, 0.717) is 29.0 Å². The molecule has 3 aliphatic rings. The van der Waals surface area contributed by atoms with E-state index < -0.39 is 11.6 Å². The zero-order valence-electron chi connectivity index (χ0n) is 21.8. The number of esters is 1. The van der Waals surface area contributed by atoms with Crippen LogP contribution in [-0.2, 0) is 34.7 Å². The van der Waals surface area contributed by atoms with Gasteiger partial charge < -0.3 is 14.4 Å². The molecule has 2 aromatic heterocycles. The molecule has 6 rings (SSSR count). The zero-order valence-corrected chi connectivity index (χ0v) is 22.6. The van der Waals surface area contributed by atoms with Crippen molar-refractivity contribution in [3.63, 3.8) is 0 Å². The minimum absolute atomic E-state index is 0.0235. The standard InChI is InChI=1S/C29H30FN3O4S/c1-4-29(36)20-10-23-26-18(13-33(23)27(34)19(20)14-37-28(29)35)24-16(12-31-8-9-38-5-2)6-7-17-15(3)21(30)11-22(32-26)25(17)24/h10-12,16,36H,4-9,13-14H2,1-3H3/t16?,29-/m0/s1. The van der Waals surface area contributed by atoms with Gasteiger partial charge in [-0.3, -0.25) is 9.79 Å². The highest BCUT2D eigenvalue weighted by Gasteiger charge is 2.45. The molecule has 7 nitrogen and oxygen atoms in total. The number of ether oxygens (including phenoxy) is 1. The number of hydrogen-bond acceptors (Lipinski definition) is 7. The summed E-state index contributed by atoms with van der Waals surface area (Å²) in [6.07, 6.45) is 3.63. The van der Waals surface area contributed by atoms with Crippen LogP contribution >= 0.6 is 11.8 Å². The van der Waals surface area contributed by atoms with Crippen LogP contribution in [0.4, 0.5) is 4.39 Å². The number of aromatic nitrogens is 2. The normalized spacial score (nSPS) is 21.5. The van der Waals surface area contributed by atoms with Crippen molar-refractivity contribution in [3.05, 3.63) is 61.7 Å². The van der Waals surface area contributed by atoms with Gasteiger partial charge >= 0.3 is 5.97 Å². The predicted molar refractivity (Wildman–Crippen MR) is 147 cm³/mol. The molecule has 0 radical (unpaired) electrons. The van der Waals surface area contributed by atoms with Crippen molar-refractivity contribution in [1.82, 2.24) is 9.55 Å². The first-order valence-electron chi connectivity index (χ1n) is 13.2. The molecule has 38 heavy (non-hydrogen) atoms. The molecule has 3 aromatic rings. The summed E-state index contributed by atoms with van der Waals surface area (Å²) < 4.78 is 21.8.